The summed E-state index contributed by atoms with van der Waals surface area (Å²) in [6.07, 6.45) is 14.1. The van der Waals surface area contributed by atoms with E-state index in [-0.39, 0.29) is 0 Å². The van der Waals surface area contributed by atoms with Gasteiger partial charge in [0.1, 0.15) is 0 Å². The number of allylic oxidation sites excluding steroid dienone is 9. The molecule has 0 bridgehead atoms. The average molecular weight is 276 g/mol. The number of hydrogen-bond acceptors (Lipinski definition) is 0. The molecule has 0 heteroatoms. The van der Waals surface area contributed by atoms with Gasteiger partial charge in [0.2, 0.25) is 0 Å². The third kappa shape index (κ3) is 4.92. The molecule has 0 saturated heterocycles. The number of rotatable bonds is 6. The van der Waals surface area contributed by atoms with Crippen LogP contribution in [0.4, 0.5) is 0 Å². The molecule has 0 radical (unpaired) electrons. The number of hydrogen-bond donors (Lipinski definition) is 0. The minimum absolute atomic E-state index is 1.12. The predicted molar refractivity (Wildman–Crippen MR) is 97.0 cm³/mol. The summed E-state index contributed by atoms with van der Waals surface area (Å²) in [7, 11) is 0. The van der Waals surface area contributed by atoms with Crippen molar-refractivity contribution in [2.24, 2.45) is 0 Å². The minimum Gasteiger partial charge on any atom is -0.0991 e. The van der Waals surface area contributed by atoms with Crippen LogP contribution in [0.1, 0.15) is 31.9 Å². The first kappa shape index (κ1) is 16.7. The van der Waals surface area contributed by atoms with Gasteiger partial charge in [-0.05, 0) is 54.7 Å². The highest BCUT2D eigenvalue weighted by Gasteiger charge is 2.02. The monoisotopic (exact) mass is 276 g/mol. The molecule has 0 spiro atoms. The van der Waals surface area contributed by atoms with Crippen LogP contribution in [-0.2, 0) is 0 Å². The first-order valence-corrected chi connectivity index (χ1v) is 7.19. The van der Waals surface area contributed by atoms with Crippen LogP contribution in [0.2, 0.25) is 0 Å². The molecule has 0 aromatic heterocycles. The van der Waals surface area contributed by atoms with E-state index in [2.05, 4.69) is 69.5 Å². The van der Waals surface area contributed by atoms with E-state index >= 15 is 0 Å². The fourth-order valence-corrected chi connectivity index (χ4v) is 2.17. The summed E-state index contributed by atoms with van der Waals surface area (Å²) in [6, 6.07) is 8.53. The maximum Gasteiger partial charge on any atom is -0.0179 e. The predicted octanol–water partition coefficient (Wildman–Crippen LogP) is 6.37. The molecule has 0 amide bonds. The summed E-state index contributed by atoms with van der Waals surface area (Å²) in [4.78, 5) is 0. The largest absolute Gasteiger partial charge is 0.0991 e. The van der Waals surface area contributed by atoms with Gasteiger partial charge in [0, 0.05) is 0 Å². The minimum atomic E-state index is 1.12. The Hall–Kier alpha value is -2.34. The van der Waals surface area contributed by atoms with Gasteiger partial charge in [0.05, 0.1) is 0 Å². The van der Waals surface area contributed by atoms with Crippen molar-refractivity contribution in [2.75, 3.05) is 0 Å². The molecular formula is C21H24. The smallest absolute Gasteiger partial charge is 0.0179 e. The van der Waals surface area contributed by atoms with Gasteiger partial charge in [0.15, 0.2) is 0 Å². The van der Waals surface area contributed by atoms with Gasteiger partial charge in [-0.25, -0.2) is 0 Å². The Balaban J connectivity index is 3.13. The second kappa shape index (κ2) is 8.76. The van der Waals surface area contributed by atoms with Crippen LogP contribution >= 0.6 is 0 Å². The lowest BCUT2D eigenvalue weighted by Crippen LogP contribution is -1.87. The zero-order valence-corrected chi connectivity index (χ0v) is 13.3. The van der Waals surface area contributed by atoms with Crippen LogP contribution in [-0.4, -0.2) is 0 Å². The van der Waals surface area contributed by atoms with Crippen LogP contribution in [0.5, 0.6) is 0 Å². The third-order valence-corrected chi connectivity index (χ3v) is 3.32. The maximum atomic E-state index is 3.80. The van der Waals surface area contributed by atoms with Crippen molar-refractivity contribution < 1.29 is 0 Å². The Kier molecular flexibility index (Phi) is 6.97. The van der Waals surface area contributed by atoms with Crippen LogP contribution in [0, 0.1) is 0 Å². The molecule has 0 atom stereocenters. The lowest BCUT2D eigenvalue weighted by atomic mass is 9.96. The molecule has 0 nitrogen and oxygen atoms in total. The molecule has 21 heavy (non-hydrogen) atoms. The van der Waals surface area contributed by atoms with E-state index in [9.17, 15) is 0 Å². The summed E-state index contributed by atoms with van der Waals surface area (Å²) in [5.74, 6) is 0. The summed E-state index contributed by atoms with van der Waals surface area (Å²) >= 11 is 0. The molecular weight excluding hydrogens is 252 g/mol. The molecule has 1 rings (SSSR count). The van der Waals surface area contributed by atoms with Gasteiger partial charge >= 0.3 is 0 Å². The molecule has 108 valence electrons. The normalized spacial score (nSPS) is 13.6. The van der Waals surface area contributed by atoms with E-state index < -0.39 is 0 Å². The SMILES string of the molecule is C=C/C=C(C)/C(=C\C)c1cccc(/C=C/C(C=C)=C/C)c1. The first-order chi connectivity index (χ1) is 10.2. The Morgan fingerprint density at radius 3 is 2.43 bits per heavy atom. The second-order valence-corrected chi connectivity index (χ2v) is 4.74. The highest BCUT2D eigenvalue weighted by Crippen LogP contribution is 2.24. The van der Waals surface area contributed by atoms with E-state index in [0.29, 0.717) is 0 Å². The van der Waals surface area contributed by atoms with Crippen molar-refractivity contribution in [1.29, 1.82) is 0 Å². The van der Waals surface area contributed by atoms with Gasteiger partial charge in [-0.2, -0.15) is 0 Å². The molecule has 1 aromatic carbocycles. The summed E-state index contributed by atoms with van der Waals surface area (Å²) in [6.45, 7) is 13.7. The number of benzene rings is 1. The Labute approximate surface area is 129 Å². The van der Waals surface area contributed by atoms with Crippen LogP contribution < -0.4 is 0 Å². The van der Waals surface area contributed by atoms with Crippen molar-refractivity contribution in [3.05, 3.63) is 96.2 Å². The molecule has 0 aliphatic heterocycles. The van der Waals surface area contributed by atoms with Crippen molar-refractivity contribution in [3.63, 3.8) is 0 Å². The lowest BCUT2D eigenvalue weighted by molar-refractivity contribution is 1.47. The highest BCUT2D eigenvalue weighted by molar-refractivity contribution is 5.79. The summed E-state index contributed by atoms with van der Waals surface area (Å²) < 4.78 is 0. The maximum absolute atomic E-state index is 3.80. The molecule has 0 aliphatic rings. The average Bonchev–Trinajstić information content (AvgIpc) is 2.50. The highest BCUT2D eigenvalue weighted by atomic mass is 14.1. The summed E-state index contributed by atoms with van der Waals surface area (Å²) in [5.41, 5.74) is 5.97. The van der Waals surface area contributed by atoms with E-state index in [1.165, 1.54) is 22.3 Å². The zero-order valence-electron chi connectivity index (χ0n) is 13.3. The van der Waals surface area contributed by atoms with Crippen molar-refractivity contribution in [2.45, 2.75) is 20.8 Å². The van der Waals surface area contributed by atoms with Gasteiger partial charge in [0.25, 0.3) is 0 Å². The van der Waals surface area contributed by atoms with Crippen molar-refractivity contribution in [1.82, 2.24) is 0 Å². The van der Waals surface area contributed by atoms with Crippen molar-refractivity contribution >= 4 is 11.6 Å². The second-order valence-electron chi connectivity index (χ2n) is 4.74. The molecule has 0 saturated carbocycles. The Bertz CT molecular complexity index is 619. The first-order valence-electron chi connectivity index (χ1n) is 7.19. The van der Waals surface area contributed by atoms with Crippen LogP contribution in [0.15, 0.2) is 85.0 Å². The van der Waals surface area contributed by atoms with E-state index in [0.717, 1.165) is 5.57 Å². The topological polar surface area (TPSA) is 0 Å². The fraction of sp³-hybridized carbons (Fsp3) is 0.143. The quantitative estimate of drug-likeness (QED) is 0.530. The Morgan fingerprint density at radius 1 is 1.10 bits per heavy atom. The molecule has 0 unspecified atom stereocenters. The molecule has 0 N–H and O–H groups in total. The third-order valence-electron chi connectivity index (χ3n) is 3.32. The molecule has 0 heterocycles. The molecule has 0 fully saturated rings. The van der Waals surface area contributed by atoms with Crippen LogP contribution in [0.25, 0.3) is 11.6 Å². The van der Waals surface area contributed by atoms with Gasteiger partial charge < -0.3 is 0 Å². The van der Waals surface area contributed by atoms with E-state index in [1.54, 1.807) is 0 Å². The van der Waals surface area contributed by atoms with E-state index in [4.69, 9.17) is 0 Å². The lowest BCUT2D eigenvalue weighted by Gasteiger charge is -2.08. The van der Waals surface area contributed by atoms with Crippen LogP contribution in [0.3, 0.4) is 0 Å². The zero-order chi connectivity index (χ0) is 15.7. The fourth-order valence-electron chi connectivity index (χ4n) is 2.17. The standard InChI is InChI=1S/C21H24/c1-6-11-17(5)21(9-4)20-13-10-12-19(16-20)15-14-18(7-2)8-3/h6-16H,1-2H2,3-5H3/b15-14+,17-11+,18-8+,21-9+. The van der Waals surface area contributed by atoms with E-state index in [1.807, 2.05) is 31.2 Å². The van der Waals surface area contributed by atoms with Gasteiger partial charge in [-0.15, -0.1) is 0 Å². The summed E-state index contributed by atoms with van der Waals surface area (Å²) in [5, 5.41) is 0. The van der Waals surface area contributed by atoms with Crippen molar-refractivity contribution in [3.8, 4) is 0 Å². The molecule has 0 aliphatic carbocycles. The van der Waals surface area contributed by atoms with Gasteiger partial charge in [-0.3, -0.25) is 0 Å². The Morgan fingerprint density at radius 2 is 1.86 bits per heavy atom. The van der Waals surface area contributed by atoms with Gasteiger partial charge in [-0.1, -0.05) is 73.9 Å². The molecule has 1 aromatic rings.